The zero-order valence-electron chi connectivity index (χ0n) is 9.41. The second-order valence-corrected chi connectivity index (χ2v) is 5.82. The van der Waals surface area contributed by atoms with E-state index in [-0.39, 0.29) is 5.54 Å². The molecule has 2 rings (SSSR count). The lowest BCUT2D eigenvalue weighted by atomic mass is 9.77. The Hall–Kier alpha value is -0.380. The molecule has 0 saturated heterocycles. The molecule has 1 heterocycles. The molecule has 0 bridgehead atoms. The predicted molar refractivity (Wildman–Crippen MR) is 66.3 cm³/mol. The Morgan fingerprint density at radius 1 is 1.53 bits per heavy atom. The van der Waals surface area contributed by atoms with Crippen molar-refractivity contribution in [3.8, 4) is 0 Å². The first kappa shape index (κ1) is 11.1. The Morgan fingerprint density at radius 2 is 2.33 bits per heavy atom. The summed E-state index contributed by atoms with van der Waals surface area (Å²) in [6.07, 6.45) is 4.88. The van der Waals surface area contributed by atoms with Gasteiger partial charge in [0.05, 0.1) is 0 Å². The van der Waals surface area contributed by atoms with E-state index < -0.39 is 0 Å². The summed E-state index contributed by atoms with van der Waals surface area (Å²) in [4.78, 5) is 3.85. The molecule has 0 aromatic carbocycles. The molecule has 0 atom stereocenters. The molecule has 1 aromatic heterocycles. The van der Waals surface area contributed by atoms with E-state index in [0.717, 1.165) is 19.5 Å². The van der Waals surface area contributed by atoms with Crippen molar-refractivity contribution in [1.82, 2.24) is 4.90 Å². The molecule has 1 aromatic rings. The van der Waals surface area contributed by atoms with Gasteiger partial charge in [0, 0.05) is 23.5 Å². The maximum atomic E-state index is 6.21. The summed E-state index contributed by atoms with van der Waals surface area (Å²) in [5.41, 5.74) is 6.34. The van der Waals surface area contributed by atoms with Crippen molar-refractivity contribution in [3.63, 3.8) is 0 Å². The summed E-state index contributed by atoms with van der Waals surface area (Å²) in [5.74, 6) is 0. The number of rotatable bonds is 5. The van der Waals surface area contributed by atoms with Gasteiger partial charge in [-0.25, -0.2) is 0 Å². The van der Waals surface area contributed by atoms with Crippen LogP contribution in [0.2, 0.25) is 0 Å². The second kappa shape index (κ2) is 4.64. The minimum atomic E-state index is 0.129. The quantitative estimate of drug-likeness (QED) is 0.830. The third kappa shape index (κ3) is 3.03. The van der Waals surface area contributed by atoms with Crippen LogP contribution in [0.3, 0.4) is 0 Å². The maximum absolute atomic E-state index is 6.21. The first-order chi connectivity index (χ1) is 7.18. The molecular formula is C12H20N2S. The highest BCUT2D eigenvalue weighted by atomic mass is 32.1. The molecule has 0 radical (unpaired) electrons. The fourth-order valence-electron chi connectivity index (χ4n) is 2.16. The van der Waals surface area contributed by atoms with Gasteiger partial charge in [0.2, 0.25) is 0 Å². The fraction of sp³-hybridized carbons (Fsp3) is 0.667. The highest BCUT2D eigenvalue weighted by molar-refractivity contribution is 7.09. The number of nitrogens with two attached hydrogens (primary N) is 1. The van der Waals surface area contributed by atoms with Crippen molar-refractivity contribution in [1.29, 1.82) is 0 Å². The van der Waals surface area contributed by atoms with Crippen molar-refractivity contribution in [2.75, 3.05) is 20.1 Å². The van der Waals surface area contributed by atoms with Gasteiger partial charge >= 0.3 is 0 Å². The first-order valence-electron chi connectivity index (χ1n) is 5.68. The summed E-state index contributed by atoms with van der Waals surface area (Å²) in [6.45, 7) is 2.18. The van der Waals surface area contributed by atoms with Crippen LogP contribution in [0.4, 0.5) is 0 Å². The minimum Gasteiger partial charge on any atom is -0.324 e. The molecule has 1 fully saturated rings. The van der Waals surface area contributed by atoms with Crippen molar-refractivity contribution in [2.45, 2.75) is 31.2 Å². The lowest BCUT2D eigenvalue weighted by Crippen LogP contribution is -2.54. The number of nitrogens with zero attached hydrogens (tertiary/aromatic N) is 1. The van der Waals surface area contributed by atoms with Crippen molar-refractivity contribution in [3.05, 3.63) is 22.4 Å². The second-order valence-electron chi connectivity index (χ2n) is 4.78. The lowest BCUT2D eigenvalue weighted by molar-refractivity contribution is 0.166. The third-order valence-corrected chi connectivity index (χ3v) is 4.19. The summed E-state index contributed by atoms with van der Waals surface area (Å²) in [5, 5.41) is 2.14. The molecule has 2 nitrogen and oxygen atoms in total. The van der Waals surface area contributed by atoms with Crippen LogP contribution in [0.5, 0.6) is 0 Å². The third-order valence-electron chi connectivity index (χ3n) is 3.25. The number of likely N-dealkylation sites (N-methyl/N-ethyl adjacent to an activating group) is 1. The molecule has 1 saturated carbocycles. The predicted octanol–water partition coefficient (Wildman–Crippen LogP) is 2.10. The van der Waals surface area contributed by atoms with Gasteiger partial charge in [-0.15, -0.1) is 11.3 Å². The topological polar surface area (TPSA) is 29.3 Å². The van der Waals surface area contributed by atoms with Crippen molar-refractivity contribution in [2.24, 2.45) is 5.73 Å². The average molecular weight is 224 g/mol. The summed E-state index contributed by atoms with van der Waals surface area (Å²) in [6, 6.07) is 4.33. The molecule has 1 aliphatic carbocycles. The van der Waals surface area contributed by atoms with E-state index in [9.17, 15) is 0 Å². The van der Waals surface area contributed by atoms with E-state index in [0.29, 0.717) is 0 Å². The molecular weight excluding hydrogens is 204 g/mol. The zero-order valence-corrected chi connectivity index (χ0v) is 10.2. The molecule has 0 unspecified atom stereocenters. The van der Waals surface area contributed by atoms with E-state index in [2.05, 4.69) is 29.5 Å². The van der Waals surface area contributed by atoms with Crippen LogP contribution in [-0.2, 0) is 6.42 Å². The molecule has 1 aliphatic rings. The van der Waals surface area contributed by atoms with Gasteiger partial charge in [0.1, 0.15) is 0 Å². The largest absolute Gasteiger partial charge is 0.324 e. The monoisotopic (exact) mass is 224 g/mol. The number of thiophene rings is 1. The maximum Gasteiger partial charge on any atom is 0.0283 e. The van der Waals surface area contributed by atoms with E-state index in [1.165, 1.54) is 24.1 Å². The molecule has 84 valence electrons. The first-order valence-corrected chi connectivity index (χ1v) is 6.56. The standard InChI is InChI=1S/C12H20N2S/c1-14(10-12(13)6-3-7-12)8-5-11-4-2-9-15-11/h2,4,9H,3,5-8,10,13H2,1H3. The average Bonchev–Trinajstić information content (AvgIpc) is 2.64. The smallest absolute Gasteiger partial charge is 0.0283 e. The summed E-state index contributed by atoms with van der Waals surface area (Å²) >= 11 is 1.84. The Labute approximate surface area is 96.1 Å². The highest BCUT2D eigenvalue weighted by Gasteiger charge is 2.33. The molecule has 2 N–H and O–H groups in total. The van der Waals surface area contributed by atoms with Crippen LogP contribution in [0.15, 0.2) is 17.5 Å². The Morgan fingerprint density at radius 3 is 2.87 bits per heavy atom. The number of hydrogen-bond donors (Lipinski definition) is 1. The van der Waals surface area contributed by atoms with Crippen LogP contribution < -0.4 is 5.73 Å². The van der Waals surface area contributed by atoms with Gasteiger partial charge in [0.15, 0.2) is 0 Å². The van der Waals surface area contributed by atoms with E-state index in [1.54, 1.807) is 0 Å². The zero-order chi connectivity index (χ0) is 10.7. The SMILES string of the molecule is CN(CCc1cccs1)CC1(N)CCC1. The van der Waals surface area contributed by atoms with Gasteiger partial charge in [-0.2, -0.15) is 0 Å². The minimum absolute atomic E-state index is 0.129. The van der Waals surface area contributed by atoms with E-state index in [4.69, 9.17) is 5.73 Å². The van der Waals surface area contributed by atoms with Crippen LogP contribution in [0.1, 0.15) is 24.1 Å². The number of hydrogen-bond acceptors (Lipinski definition) is 3. The molecule has 0 amide bonds. The lowest BCUT2D eigenvalue weighted by Gasteiger charge is -2.41. The van der Waals surface area contributed by atoms with Gasteiger partial charge in [-0.1, -0.05) is 6.07 Å². The Bertz CT molecular complexity index is 291. The molecule has 15 heavy (non-hydrogen) atoms. The van der Waals surface area contributed by atoms with Gasteiger partial charge in [0.25, 0.3) is 0 Å². The molecule has 0 aliphatic heterocycles. The van der Waals surface area contributed by atoms with Gasteiger partial charge in [-0.05, 0) is 44.2 Å². The Balaban J connectivity index is 1.70. The fourth-order valence-corrected chi connectivity index (χ4v) is 2.86. The van der Waals surface area contributed by atoms with Crippen LogP contribution >= 0.6 is 11.3 Å². The Kier molecular flexibility index (Phi) is 3.44. The van der Waals surface area contributed by atoms with Gasteiger partial charge in [-0.3, -0.25) is 0 Å². The van der Waals surface area contributed by atoms with E-state index in [1.807, 2.05) is 11.3 Å². The van der Waals surface area contributed by atoms with Crippen molar-refractivity contribution < 1.29 is 0 Å². The molecule has 3 heteroatoms. The summed E-state index contributed by atoms with van der Waals surface area (Å²) < 4.78 is 0. The van der Waals surface area contributed by atoms with E-state index >= 15 is 0 Å². The summed E-state index contributed by atoms with van der Waals surface area (Å²) in [7, 11) is 2.18. The van der Waals surface area contributed by atoms with Crippen LogP contribution in [0, 0.1) is 0 Å². The normalized spacial score (nSPS) is 19.1. The van der Waals surface area contributed by atoms with Gasteiger partial charge < -0.3 is 10.6 Å². The molecule has 0 spiro atoms. The highest BCUT2D eigenvalue weighted by Crippen LogP contribution is 2.29. The van der Waals surface area contributed by atoms with Crippen LogP contribution in [-0.4, -0.2) is 30.6 Å². The van der Waals surface area contributed by atoms with Crippen molar-refractivity contribution >= 4 is 11.3 Å². The van der Waals surface area contributed by atoms with Crippen LogP contribution in [0.25, 0.3) is 0 Å².